The molecule has 0 fully saturated rings. The second-order valence-electron chi connectivity index (χ2n) is 5.58. The van der Waals surface area contributed by atoms with E-state index < -0.39 is 18.6 Å². The van der Waals surface area contributed by atoms with Crippen LogP contribution in [0.3, 0.4) is 0 Å². The number of carbonyl (C=O) groups excluding carboxylic acids is 1. The molecule has 0 radical (unpaired) electrons. The first-order valence-electron chi connectivity index (χ1n) is 7.88. The Balaban J connectivity index is 1.80. The fourth-order valence-electron chi connectivity index (χ4n) is 2.36. The van der Waals surface area contributed by atoms with E-state index in [0.29, 0.717) is 11.4 Å². The summed E-state index contributed by atoms with van der Waals surface area (Å²) in [7, 11) is 1.53. The first kappa shape index (κ1) is 18.2. The molecule has 0 aliphatic carbocycles. The topological polar surface area (TPSA) is 108 Å². The summed E-state index contributed by atoms with van der Waals surface area (Å²) in [6.45, 7) is 0. The lowest BCUT2D eigenvalue weighted by Crippen LogP contribution is -2.23. The summed E-state index contributed by atoms with van der Waals surface area (Å²) < 4.78 is 32.9. The van der Waals surface area contributed by atoms with E-state index in [4.69, 9.17) is 10.5 Å². The number of alkyl halides is 2. The number of anilines is 2. The van der Waals surface area contributed by atoms with Crippen LogP contribution < -0.4 is 11.1 Å². The van der Waals surface area contributed by atoms with Crippen molar-refractivity contribution in [1.82, 2.24) is 20.0 Å². The van der Waals surface area contributed by atoms with Crippen molar-refractivity contribution in [2.24, 2.45) is 7.05 Å². The van der Waals surface area contributed by atoms with Crippen LogP contribution in [0.15, 0.2) is 48.7 Å². The lowest BCUT2D eigenvalue weighted by atomic mass is 10.1. The molecule has 2 heterocycles. The van der Waals surface area contributed by atoms with Gasteiger partial charge in [-0.15, -0.1) is 5.10 Å². The van der Waals surface area contributed by atoms with Gasteiger partial charge in [0.2, 0.25) is 0 Å². The highest BCUT2D eigenvalue weighted by Gasteiger charge is 2.27. The van der Waals surface area contributed by atoms with Gasteiger partial charge in [0.05, 0.1) is 17.6 Å². The molecule has 2 aromatic heterocycles. The molecule has 1 amide bonds. The van der Waals surface area contributed by atoms with E-state index in [1.807, 2.05) is 0 Å². The molecular formula is C17H16F2N6O2. The molecule has 1 aromatic carbocycles. The van der Waals surface area contributed by atoms with Gasteiger partial charge in [-0.3, -0.25) is 10.3 Å². The third kappa shape index (κ3) is 4.17. The summed E-state index contributed by atoms with van der Waals surface area (Å²) in [6, 6.07) is 11.0. The highest BCUT2D eigenvalue weighted by molar-refractivity contribution is 5.88. The number of aromatic nitrogens is 4. The van der Waals surface area contributed by atoms with Crippen LogP contribution in [0.5, 0.6) is 0 Å². The number of hydrogen-bond acceptors (Lipinski definition) is 6. The number of aryl methyl sites for hydroxylation is 1. The minimum absolute atomic E-state index is 0.151. The Hall–Kier alpha value is -3.56. The van der Waals surface area contributed by atoms with Crippen LogP contribution in [0, 0.1) is 0 Å². The fourth-order valence-corrected chi connectivity index (χ4v) is 2.36. The van der Waals surface area contributed by atoms with E-state index >= 15 is 0 Å². The summed E-state index contributed by atoms with van der Waals surface area (Å²) in [5.74, 6) is 0.151. The zero-order valence-electron chi connectivity index (χ0n) is 14.2. The molecule has 8 nitrogen and oxygen atoms in total. The highest BCUT2D eigenvalue weighted by atomic mass is 19.3. The fraction of sp³-hybridized carbons (Fsp3) is 0.176. The normalized spacial score (nSPS) is 12.0. The second kappa shape index (κ2) is 7.77. The van der Waals surface area contributed by atoms with Crippen molar-refractivity contribution in [1.29, 1.82) is 0 Å². The van der Waals surface area contributed by atoms with E-state index in [1.54, 1.807) is 30.3 Å². The van der Waals surface area contributed by atoms with Crippen LogP contribution >= 0.6 is 0 Å². The van der Waals surface area contributed by atoms with Crippen molar-refractivity contribution >= 4 is 17.6 Å². The van der Waals surface area contributed by atoms with Crippen LogP contribution in [0.4, 0.5) is 25.1 Å². The van der Waals surface area contributed by atoms with Gasteiger partial charge in [-0.1, -0.05) is 35.5 Å². The summed E-state index contributed by atoms with van der Waals surface area (Å²) in [5, 5.41) is 10.1. The number of nitrogen functional groups attached to an aromatic ring is 1. The minimum atomic E-state index is -2.89. The van der Waals surface area contributed by atoms with Crippen molar-refractivity contribution in [2.75, 3.05) is 11.1 Å². The molecule has 3 rings (SSSR count). The Morgan fingerprint density at radius 1 is 1.22 bits per heavy atom. The first-order valence-corrected chi connectivity index (χ1v) is 7.88. The number of amides is 1. The van der Waals surface area contributed by atoms with Gasteiger partial charge in [-0.05, 0) is 17.7 Å². The second-order valence-corrected chi connectivity index (χ2v) is 5.58. The Labute approximate surface area is 153 Å². The van der Waals surface area contributed by atoms with E-state index in [-0.39, 0.29) is 17.1 Å². The first-order chi connectivity index (χ1) is 13.0. The van der Waals surface area contributed by atoms with Gasteiger partial charge in [0.1, 0.15) is 0 Å². The largest absolute Gasteiger partial charge is 0.435 e. The Morgan fingerprint density at radius 3 is 2.59 bits per heavy atom. The SMILES string of the molecule is Cn1nnc(-c2ccc(N)cn2)c1NC(=O)O[C@@H](c1ccccc1)C(F)F. The number of nitrogens with one attached hydrogen (secondary N) is 1. The van der Waals surface area contributed by atoms with Crippen molar-refractivity contribution < 1.29 is 18.3 Å². The maximum atomic E-state index is 13.3. The van der Waals surface area contributed by atoms with E-state index in [1.165, 1.54) is 30.1 Å². The summed E-state index contributed by atoms with van der Waals surface area (Å²) in [5.41, 5.74) is 6.90. The van der Waals surface area contributed by atoms with Gasteiger partial charge < -0.3 is 10.5 Å². The molecule has 3 aromatic rings. The molecule has 0 saturated heterocycles. The Bertz CT molecular complexity index is 915. The summed E-state index contributed by atoms with van der Waals surface area (Å²) in [6.07, 6.45) is -4.23. The number of nitrogens with zero attached hydrogens (tertiary/aromatic N) is 4. The van der Waals surface area contributed by atoms with E-state index in [9.17, 15) is 13.6 Å². The van der Waals surface area contributed by atoms with Crippen LogP contribution in [-0.2, 0) is 11.8 Å². The highest BCUT2D eigenvalue weighted by Crippen LogP contribution is 2.27. The van der Waals surface area contributed by atoms with E-state index in [0.717, 1.165) is 0 Å². The van der Waals surface area contributed by atoms with Crippen LogP contribution in [0.2, 0.25) is 0 Å². The maximum Gasteiger partial charge on any atom is 0.413 e. The number of ether oxygens (including phenoxy) is 1. The number of halogens is 2. The molecular weight excluding hydrogens is 358 g/mol. The zero-order valence-corrected chi connectivity index (χ0v) is 14.2. The number of rotatable bonds is 5. The Morgan fingerprint density at radius 2 is 1.96 bits per heavy atom. The minimum Gasteiger partial charge on any atom is -0.435 e. The number of hydrogen-bond donors (Lipinski definition) is 2. The average molecular weight is 374 g/mol. The third-order valence-corrected chi connectivity index (χ3v) is 3.67. The quantitative estimate of drug-likeness (QED) is 0.711. The average Bonchev–Trinajstić information content (AvgIpc) is 3.01. The van der Waals surface area contributed by atoms with Crippen LogP contribution in [-0.4, -0.2) is 32.5 Å². The molecule has 27 heavy (non-hydrogen) atoms. The molecule has 0 aliphatic rings. The number of nitrogens with two attached hydrogens (primary N) is 1. The molecule has 0 bridgehead atoms. The third-order valence-electron chi connectivity index (χ3n) is 3.67. The van der Waals surface area contributed by atoms with Crippen molar-refractivity contribution in [3.8, 4) is 11.4 Å². The smallest absolute Gasteiger partial charge is 0.413 e. The standard InChI is InChI=1S/C17H16F2N6O2/c1-25-16(13(23-24-25)12-8-7-11(20)9-21-12)22-17(26)27-14(15(18)19)10-5-3-2-4-6-10/h2-9,14-15H,20H2,1H3,(H,22,26)/t14-/m0/s1. The van der Waals surface area contributed by atoms with Crippen LogP contribution in [0.25, 0.3) is 11.4 Å². The maximum absolute atomic E-state index is 13.3. The molecule has 0 saturated carbocycles. The molecule has 0 spiro atoms. The molecule has 1 atom stereocenters. The van der Waals surface area contributed by atoms with Gasteiger partial charge in [0.25, 0.3) is 6.43 Å². The van der Waals surface area contributed by atoms with Crippen LogP contribution in [0.1, 0.15) is 11.7 Å². The number of pyridine rings is 1. The molecule has 3 N–H and O–H groups in total. The zero-order chi connectivity index (χ0) is 19.4. The molecule has 10 heteroatoms. The molecule has 0 aliphatic heterocycles. The number of benzene rings is 1. The number of carbonyl (C=O) groups is 1. The lowest BCUT2D eigenvalue weighted by molar-refractivity contribution is -0.0143. The monoisotopic (exact) mass is 374 g/mol. The Kier molecular flexibility index (Phi) is 5.25. The summed E-state index contributed by atoms with van der Waals surface area (Å²) >= 11 is 0. The van der Waals surface area contributed by atoms with Gasteiger partial charge in [-0.2, -0.15) is 0 Å². The predicted molar refractivity (Wildman–Crippen MR) is 93.9 cm³/mol. The molecule has 140 valence electrons. The van der Waals surface area contributed by atoms with Crippen molar-refractivity contribution in [3.05, 3.63) is 54.2 Å². The van der Waals surface area contributed by atoms with Gasteiger partial charge >= 0.3 is 6.09 Å². The van der Waals surface area contributed by atoms with Gasteiger partial charge in [-0.25, -0.2) is 18.3 Å². The van der Waals surface area contributed by atoms with Crippen molar-refractivity contribution in [2.45, 2.75) is 12.5 Å². The van der Waals surface area contributed by atoms with E-state index in [2.05, 4.69) is 20.6 Å². The summed E-state index contributed by atoms with van der Waals surface area (Å²) in [4.78, 5) is 16.3. The predicted octanol–water partition coefficient (Wildman–Crippen LogP) is 3.01. The molecule has 0 unspecified atom stereocenters. The van der Waals surface area contributed by atoms with Gasteiger partial charge in [0, 0.05) is 7.05 Å². The van der Waals surface area contributed by atoms with Crippen molar-refractivity contribution in [3.63, 3.8) is 0 Å². The lowest BCUT2D eigenvalue weighted by Gasteiger charge is -2.17. The van der Waals surface area contributed by atoms with Gasteiger partial charge in [0.15, 0.2) is 17.6 Å².